The van der Waals surface area contributed by atoms with Crippen LogP contribution in [0.2, 0.25) is 5.02 Å². The molecule has 0 bridgehead atoms. The number of hydrogen-bond acceptors (Lipinski definition) is 2. The maximum absolute atomic E-state index is 11.7. The average molecular weight is 276 g/mol. The molecule has 1 amide bonds. The Morgan fingerprint density at radius 1 is 1.21 bits per heavy atom. The van der Waals surface area contributed by atoms with Crippen LogP contribution in [0.4, 0.5) is 5.69 Å². The number of nitrogens with one attached hydrogen (secondary N) is 1. The van der Waals surface area contributed by atoms with Gasteiger partial charge in [0.15, 0.2) is 6.61 Å². The molecule has 2 aromatic carbocycles. The van der Waals surface area contributed by atoms with E-state index in [2.05, 4.69) is 5.32 Å². The minimum absolute atomic E-state index is 0.0469. The molecule has 2 aromatic rings. The Morgan fingerprint density at radius 3 is 2.74 bits per heavy atom. The molecule has 98 valence electrons. The van der Waals surface area contributed by atoms with Crippen molar-refractivity contribution in [1.29, 1.82) is 0 Å². The summed E-state index contributed by atoms with van der Waals surface area (Å²) in [6.45, 7) is 1.92. The third kappa shape index (κ3) is 4.00. The van der Waals surface area contributed by atoms with Gasteiger partial charge in [0.2, 0.25) is 0 Å². The molecule has 0 aliphatic heterocycles. The van der Waals surface area contributed by atoms with Crippen LogP contribution in [0.1, 0.15) is 5.56 Å². The van der Waals surface area contributed by atoms with E-state index in [1.54, 1.807) is 18.2 Å². The third-order valence-corrected chi connectivity index (χ3v) is 2.84. The normalized spacial score (nSPS) is 10.0. The quantitative estimate of drug-likeness (QED) is 0.925. The maximum atomic E-state index is 11.7. The van der Waals surface area contributed by atoms with Crippen molar-refractivity contribution in [2.45, 2.75) is 6.92 Å². The lowest BCUT2D eigenvalue weighted by Crippen LogP contribution is -2.20. The highest BCUT2D eigenvalue weighted by Gasteiger charge is 2.06. The van der Waals surface area contributed by atoms with E-state index in [1.807, 2.05) is 37.3 Å². The fourth-order valence-corrected chi connectivity index (χ4v) is 1.79. The minimum Gasteiger partial charge on any atom is -0.484 e. The standard InChI is InChI=1S/C15H14ClNO2/c1-11-5-4-6-12(9-11)19-10-15(18)17-14-8-3-2-7-13(14)16/h2-9H,10H2,1H3,(H,17,18). The van der Waals surface area contributed by atoms with Crippen LogP contribution in [-0.4, -0.2) is 12.5 Å². The summed E-state index contributed by atoms with van der Waals surface area (Å²) in [6, 6.07) is 14.6. The number of carbonyl (C=O) groups excluding carboxylic acids is 1. The second-order valence-corrected chi connectivity index (χ2v) is 4.54. The number of aryl methyl sites for hydroxylation is 1. The van der Waals surface area contributed by atoms with Gasteiger partial charge in [-0.1, -0.05) is 35.9 Å². The summed E-state index contributed by atoms with van der Waals surface area (Å²) >= 11 is 5.95. The molecule has 0 radical (unpaired) electrons. The SMILES string of the molecule is Cc1cccc(OCC(=O)Nc2ccccc2Cl)c1. The van der Waals surface area contributed by atoms with Gasteiger partial charge in [-0.15, -0.1) is 0 Å². The van der Waals surface area contributed by atoms with Gasteiger partial charge in [0.1, 0.15) is 5.75 Å². The maximum Gasteiger partial charge on any atom is 0.262 e. The molecule has 0 saturated carbocycles. The van der Waals surface area contributed by atoms with Crippen molar-refractivity contribution in [3.05, 3.63) is 59.1 Å². The molecule has 0 aromatic heterocycles. The van der Waals surface area contributed by atoms with E-state index >= 15 is 0 Å². The first-order chi connectivity index (χ1) is 9.15. The van der Waals surface area contributed by atoms with Crippen LogP contribution < -0.4 is 10.1 Å². The topological polar surface area (TPSA) is 38.3 Å². The van der Waals surface area contributed by atoms with Crippen LogP contribution in [0.15, 0.2) is 48.5 Å². The van der Waals surface area contributed by atoms with E-state index in [1.165, 1.54) is 0 Å². The highest BCUT2D eigenvalue weighted by molar-refractivity contribution is 6.33. The van der Waals surface area contributed by atoms with Gasteiger partial charge in [-0.2, -0.15) is 0 Å². The summed E-state index contributed by atoms with van der Waals surface area (Å²) in [7, 11) is 0. The van der Waals surface area contributed by atoms with Crippen molar-refractivity contribution in [2.24, 2.45) is 0 Å². The second kappa shape index (κ2) is 6.25. The summed E-state index contributed by atoms with van der Waals surface area (Å²) in [5.74, 6) is 0.434. The number of ether oxygens (including phenoxy) is 1. The first-order valence-corrected chi connectivity index (χ1v) is 6.27. The number of halogens is 1. The van der Waals surface area contributed by atoms with E-state index < -0.39 is 0 Å². The van der Waals surface area contributed by atoms with Crippen LogP contribution in [0, 0.1) is 6.92 Å². The molecule has 0 unspecified atom stereocenters. The first-order valence-electron chi connectivity index (χ1n) is 5.89. The number of para-hydroxylation sites is 1. The number of carbonyl (C=O) groups is 1. The summed E-state index contributed by atoms with van der Waals surface area (Å²) in [5.41, 5.74) is 1.67. The minimum atomic E-state index is -0.241. The molecule has 0 aliphatic rings. The van der Waals surface area contributed by atoms with Crippen molar-refractivity contribution in [1.82, 2.24) is 0 Å². The summed E-state index contributed by atoms with van der Waals surface area (Å²) < 4.78 is 5.41. The molecule has 0 aliphatic carbocycles. The van der Waals surface area contributed by atoms with Crippen LogP contribution in [0.5, 0.6) is 5.75 Å². The largest absolute Gasteiger partial charge is 0.484 e. The van der Waals surface area contributed by atoms with Crippen LogP contribution >= 0.6 is 11.6 Å². The Labute approximate surface area is 117 Å². The zero-order chi connectivity index (χ0) is 13.7. The second-order valence-electron chi connectivity index (χ2n) is 4.13. The molecule has 0 heterocycles. The van der Waals surface area contributed by atoms with Gasteiger partial charge in [-0.05, 0) is 36.8 Å². The van der Waals surface area contributed by atoms with Crippen molar-refractivity contribution < 1.29 is 9.53 Å². The van der Waals surface area contributed by atoms with Crippen molar-refractivity contribution >= 4 is 23.2 Å². The molecule has 3 nitrogen and oxygen atoms in total. The lowest BCUT2D eigenvalue weighted by molar-refractivity contribution is -0.118. The Kier molecular flexibility index (Phi) is 4.42. The van der Waals surface area contributed by atoms with Gasteiger partial charge in [-0.3, -0.25) is 4.79 Å². The summed E-state index contributed by atoms with van der Waals surface area (Å²) in [4.78, 5) is 11.7. The number of rotatable bonds is 4. The van der Waals surface area contributed by atoms with E-state index in [9.17, 15) is 4.79 Å². The van der Waals surface area contributed by atoms with Gasteiger partial charge in [0.25, 0.3) is 5.91 Å². The fraction of sp³-hybridized carbons (Fsp3) is 0.133. The number of anilines is 1. The van der Waals surface area contributed by atoms with Crippen LogP contribution in [-0.2, 0) is 4.79 Å². The van der Waals surface area contributed by atoms with Gasteiger partial charge in [-0.25, -0.2) is 0 Å². The molecule has 1 N–H and O–H groups in total. The van der Waals surface area contributed by atoms with Gasteiger partial charge in [0, 0.05) is 0 Å². The van der Waals surface area contributed by atoms with Crippen molar-refractivity contribution in [3.8, 4) is 5.75 Å². The molecule has 0 atom stereocenters. The predicted molar refractivity (Wildman–Crippen MR) is 76.8 cm³/mol. The number of hydrogen-bond donors (Lipinski definition) is 1. The summed E-state index contributed by atoms with van der Waals surface area (Å²) in [5, 5.41) is 3.21. The van der Waals surface area contributed by atoms with Crippen LogP contribution in [0.25, 0.3) is 0 Å². The van der Waals surface area contributed by atoms with Gasteiger partial charge in [0.05, 0.1) is 10.7 Å². The Bertz CT molecular complexity index is 584. The number of benzene rings is 2. The van der Waals surface area contributed by atoms with Gasteiger partial charge < -0.3 is 10.1 Å². The predicted octanol–water partition coefficient (Wildman–Crippen LogP) is 3.67. The Morgan fingerprint density at radius 2 is 2.00 bits per heavy atom. The van der Waals surface area contributed by atoms with E-state index in [4.69, 9.17) is 16.3 Å². The Hall–Kier alpha value is -2.00. The molecule has 0 spiro atoms. The van der Waals surface area contributed by atoms with E-state index in [-0.39, 0.29) is 12.5 Å². The average Bonchev–Trinajstić information content (AvgIpc) is 2.39. The van der Waals surface area contributed by atoms with E-state index in [0.29, 0.717) is 16.5 Å². The molecule has 2 rings (SSSR count). The third-order valence-electron chi connectivity index (χ3n) is 2.51. The first kappa shape index (κ1) is 13.4. The summed E-state index contributed by atoms with van der Waals surface area (Å²) in [6.07, 6.45) is 0. The zero-order valence-corrected chi connectivity index (χ0v) is 11.3. The monoisotopic (exact) mass is 275 g/mol. The zero-order valence-electron chi connectivity index (χ0n) is 10.5. The molecule has 4 heteroatoms. The van der Waals surface area contributed by atoms with Crippen LogP contribution in [0.3, 0.4) is 0 Å². The van der Waals surface area contributed by atoms with E-state index in [0.717, 1.165) is 5.56 Å². The molecular weight excluding hydrogens is 262 g/mol. The number of amides is 1. The molecule has 0 fully saturated rings. The smallest absolute Gasteiger partial charge is 0.262 e. The highest BCUT2D eigenvalue weighted by Crippen LogP contribution is 2.20. The lowest BCUT2D eigenvalue weighted by atomic mass is 10.2. The molecular formula is C15H14ClNO2. The molecule has 0 saturated heterocycles. The highest BCUT2D eigenvalue weighted by atomic mass is 35.5. The van der Waals surface area contributed by atoms with Gasteiger partial charge >= 0.3 is 0 Å². The lowest BCUT2D eigenvalue weighted by Gasteiger charge is -2.09. The fourth-order valence-electron chi connectivity index (χ4n) is 1.60. The van der Waals surface area contributed by atoms with Crippen molar-refractivity contribution in [2.75, 3.05) is 11.9 Å². The molecule has 19 heavy (non-hydrogen) atoms. The Balaban J connectivity index is 1.90. The van der Waals surface area contributed by atoms with Crippen molar-refractivity contribution in [3.63, 3.8) is 0 Å².